The molecule has 0 spiro atoms. The lowest BCUT2D eigenvalue weighted by Crippen LogP contribution is -2.40. The van der Waals surface area contributed by atoms with Crippen LogP contribution in [0.15, 0.2) is 48.1 Å². The third-order valence-electron chi connectivity index (χ3n) is 11.3. The molecule has 1 aromatic rings. The maximum Gasteiger partial charge on any atom is 0.155 e. The highest BCUT2D eigenvalue weighted by Crippen LogP contribution is 2.27. The number of ether oxygens (including phenoxy) is 3. The van der Waals surface area contributed by atoms with E-state index in [0.717, 1.165) is 42.1 Å². The molecule has 70 heavy (non-hydrogen) atoms. The van der Waals surface area contributed by atoms with E-state index in [4.69, 9.17) is 14.2 Å². The van der Waals surface area contributed by atoms with Gasteiger partial charge in [-0.05, 0) is 129 Å². The van der Waals surface area contributed by atoms with Gasteiger partial charge in [-0.1, -0.05) is 272 Å². The predicted octanol–water partition coefficient (Wildman–Crippen LogP) is 24.4. The van der Waals surface area contributed by atoms with E-state index in [2.05, 4.69) is 133 Å². The van der Waals surface area contributed by atoms with Crippen LogP contribution in [0.4, 0.5) is 0 Å². The molecule has 0 radical (unpaired) electrons. The zero-order chi connectivity index (χ0) is 57.6. The van der Waals surface area contributed by atoms with Crippen molar-refractivity contribution in [2.45, 2.75) is 331 Å². The fourth-order valence-corrected chi connectivity index (χ4v) is 6.54. The number of aryl methyl sites for hydroxylation is 2. The molecule has 0 amide bonds. The van der Waals surface area contributed by atoms with Crippen LogP contribution < -0.4 is 0 Å². The Balaban J connectivity index is -0.0000000719. The summed E-state index contributed by atoms with van der Waals surface area (Å²) in [6.07, 6.45) is 23.5. The maximum atomic E-state index is 5.45. The molecule has 0 N–H and O–H groups in total. The summed E-state index contributed by atoms with van der Waals surface area (Å²) in [6, 6.07) is 8.48. The summed E-state index contributed by atoms with van der Waals surface area (Å²) in [6.45, 7) is 71.7. The molecule has 2 aliphatic heterocycles. The molecule has 3 fully saturated rings. The van der Waals surface area contributed by atoms with Gasteiger partial charge in [-0.25, -0.2) is 0 Å². The van der Waals surface area contributed by atoms with E-state index < -0.39 is 0 Å². The third kappa shape index (κ3) is 68.7. The van der Waals surface area contributed by atoms with Gasteiger partial charge in [-0.3, -0.25) is 0 Å². The Bertz CT molecular complexity index is 928. The first-order valence-corrected chi connectivity index (χ1v) is 30.8. The Labute approximate surface area is 450 Å². The lowest BCUT2D eigenvalue weighted by molar-refractivity contribution is -0.248. The fraction of sp³-hybridized carbons (Fsp3) is 0.851. The molecular weight excluding hydrogens is 853 g/mol. The second-order valence-corrected chi connectivity index (χ2v) is 17.3. The van der Waals surface area contributed by atoms with E-state index >= 15 is 0 Å². The molecule has 7 unspecified atom stereocenters. The van der Waals surface area contributed by atoms with Crippen molar-refractivity contribution in [3.8, 4) is 0 Å². The molecule has 0 aromatic heterocycles. The van der Waals surface area contributed by atoms with Gasteiger partial charge in [0.1, 0.15) is 0 Å². The number of allylic oxidation sites excluding steroid dienone is 4. The Morgan fingerprint density at radius 3 is 0.914 bits per heavy atom. The smallest absolute Gasteiger partial charge is 0.155 e. The standard InChI is InChI=1S/C8H16O2.C8H16.2C8H14.C8H10.C7H14O.10C2H6/c1-5-6(2)9-8(4)10-7(5)3;4*1-7-3-5-8(2)6-4-7;1-6-3-4-7(2)8-5-6;10*1-2/h5-8H,1-4H3;7-8H,3-6H2,1-2H3;3,8H,4-6H2,1-2H3;3,5,7-8H,4,6H2,1-2H3;3-6H,1-2H3;6-7H,3-5H2,1-2H3;10*1-2H3. The maximum absolute atomic E-state index is 5.45. The van der Waals surface area contributed by atoms with Crippen LogP contribution >= 0.6 is 0 Å². The van der Waals surface area contributed by atoms with E-state index in [0.29, 0.717) is 24.2 Å². The molecule has 6 rings (SSSR count). The van der Waals surface area contributed by atoms with Crippen LogP contribution in [0, 0.1) is 55.3 Å². The topological polar surface area (TPSA) is 27.7 Å². The van der Waals surface area contributed by atoms with Crippen LogP contribution in [0.5, 0.6) is 0 Å². The molecule has 7 atom stereocenters. The van der Waals surface area contributed by atoms with Crippen molar-refractivity contribution in [3.63, 3.8) is 0 Å². The first-order valence-electron chi connectivity index (χ1n) is 30.8. The highest BCUT2D eigenvalue weighted by atomic mass is 16.7. The van der Waals surface area contributed by atoms with E-state index in [1.807, 2.05) is 145 Å². The van der Waals surface area contributed by atoms with Crippen LogP contribution in [0.1, 0.15) is 303 Å². The van der Waals surface area contributed by atoms with Gasteiger partial charge in [0.15, 0.2) is 6.29 Å². The summed E-state index contributed by atoms with van der Waals surface area (Å²) >= 11 is 0. The normalized spacial score (nSPS) is 25.7. The van der Waals surface area contributed by atoms with Crippen molar-refractivity contribution in [1.82, 2.24) is 0 Å². The number of benzene rings is 1. The lowest BCUT2D eigenvalue weighted by atomic mass is 9.84. The quantitative estimate of drug-likeness (QED) is 0.243. The van der Waals surface area contributed by atoms with Gasteiger partial charge in [-0.15, -0.1) is 0 Å². The monoisotopic (exact) mass is 997 g/mol. The van der Waals surface area contributed by atoms with Crippen molar-refractivity contribution >= 4 is 0 Å². The number of hydrogen-bond acceptors (Lipinski definition) is 3. The SMILES string of the molecule is CC.CC.CC.CC.CC.CC.CC.CC.CC.CC.CC1=CCC(C)CC1.CC1C=CC(C)CC1.CC1CCC(C)CC1.CC1CCC(C)OC1.CC1OC(C)C(C)C(C)O1.Cc1ccc(C)cc1. The molecule has 3 heteroatoms. The number of rotatable bonds is 0. The molecule has 2 heterocycles. The Morgan fingerprint density at radius 1 is 0.371 bits per heavy atom. The van der Waals surface area contributed by atoms with Gasteiger partial charge in [0.25, 0.3) is 0 Å². The second kappa shape index (κ2) is 76.5. The summed E-state index contributed by atoms with van der Waals surface area (Å²) in [5.74, 6) is 5.97. The minimum atomic E-state index is -0.0267. The molecule has 3 nitrogen and oxygen atoms in total. The van der Waals surface area contributed by atoms with Crippen molar-refractivity contribution in [1.29, 1.82) is 0 Å². The summed E-state index contributed by atoms with van der Waals surface area (Å²) in [7, 11) is 0. The molecule has 3 aliphatic carbocycles. The first kappa shape index (κ1) is 91.3. The average molecular weight is 998 g/mol. The van der Waals surface area contributed by atoms with Gasteiger partial charge < -0.3 is 14.2 Å². The summed E-state index contributed by atoms with van der Waals surface area (Å²) in [5.41, 5.74) is 4.24. The van der Waals surface area contributed by atoms with Gasteiger partial charge in [-0.2, -0.15) is 0 Å². The largest absolute Gasteiger partial charge is 0.378 e. The minimum Gasteiger partial charge on any atom is -0.378 e. The Hall–Kier alpha value is -1.42. The Kier molecular flexibility index (Phi) is 99.7. The van der Waals surface area contributed by atoms with Crippen LogP contribution in [0.2, 0.25) is 0 Å². The second-order valence-electron chi connectivity index (χ2n) is 17.3. The van der Waals surface area contributed by atoms with E-state index in [1.54, 1.807) is 5.57 Å². The van der Waals surface area contributed by atoms with E-state index in [1.165, 1.54) is 81.8 Å². The zero-order valence-corrected chi connectivity index (χ0v) is 55.6. The van der Waals surface area contributed by atoms with Crippen molar-refractivity contribution in [2.75, 3.05) is 6.61 Å². The summed E-state index contributed by atoms with van der Waals surface area (Å²) in [4.78, 5) is 0. The molecule has 430 valence electrons. The van der Waals surface area contributed by atoms with Crippen LogP contribution in [0.25, 0.3) is 0 Å². The molecular formula is C67H144O3. The Morgan fingerprint density at radius 2 is 0.686 bits per heavy atom. The minimum absolute atomic E-state index is 0.0267. The zero-order valence-electron chi connectivity index (χ0n) is 55.6. The van der Waals surface area contributed by atoms with Crippen LogP contribution in [-0.2, 0) is 14.2 Å². The third-order valence-corrected chi connectivity index (χ3v) is 11.3. The van der Waals surface area contributed by atoms with E-state index in [-0.39, 0.29) is 6.29 Å². The number of hydrogen-bond donors (Lipinski definition) is 0. The van der Waals surface area contributed by atoms with Crippen molar-refractivity contribution < 1.29 is 14.2 Å². The van der Waals surface area contributed by atoms with Crippen LogP contribution in [-0.4, -0.2) is 31.2 Å². The van der Waals surface area contributed by atoms with Crippen LogP contribution in [0.3, 0.4) is 0 Å². The molecule has 2 saturated heterocycles. The van der Waals surface area contributed by atoms with Gasteiger partial charge in [0, 0.05) is 12.5 Å². The van der Waals surface area contributed by atoms with Gasteiger partial charge in [0.05, 0.1) is 18.3 Å². The molecule has 1 aromatic carbocycles. The lowest BCUT2D eigenvalue weighted by Gasteiger charge is -2.36. The summed E-state index contributed by atoms with van der Waals surface area (Å²) < 4.78 is 16.3. The van der Waals surface area contributed by atoms with E-state index in [9.17, 15) is 0 Å². The average Bonchev–Trinajstić information content (AvgIpc) is 3.42. The van der Waals surface area contributed by atoms with Gasteiger partial charge >= 0.3 is 0 Å². The molecule has 5 aliphatic rings. The van der Waals surface area contributed by atoms with Gasteiger partial charge in [0.2, 0.25) is 0 Å². The fourth-order valence-electron chi connectivity index (χ4n) is 6.54. The first-order chi connectivity index (χ1) is 33.5. The highest BCUT2D eigenvalue weighted by molar-refractivity contribution is 5.19. The van der Waals surface area contributed by atoms with Crippen molar-refractivity contribution in [2.24, 2.45) is 41.4 Å². The predicted molar refractivity (Wildman–Crippen MR) is 333 cm³/mol. The molecule has 0 bridgehead atoms. The highest BCUT2D eigenvalue weighted by Gasteiger charge is 2.28. The molecule has 1 saturated carbocycles. The summed E-state index contributed by atoms with van der Waals surface area (Å²) in [5, 5.41) is 0. The van der Waals surface area contributed by atoms with Crippen molar-refractivity contribution in [3.05, 3.63) is 59.2 Å².